The molecule has 34 heavy (non-hydrogen) atoms. The van der Waals surface area contributed by atoms with Crippen LogP contribution in [0.3, 0.4) is 0 Å². The Morgan fingerprint density at radius 1 is 0.971 bits per heavy atom. The molecule has 0 spiro atoms. The van der Waals surface area contributed by atoms with E-state index in [9.17, 15) is 4.79 Å². The fourth-order valence-electron chi connectivity index (χ4n) is 3.89. The number of ether oxygens (including phenoxy) is 1. The molecule has 0 aliphatic heterocycles. The summed E-state index contributed by atoms with van der Waals surface area (Å²) in [7, 11) is 0. The molecule has 0 atom stereocenters. The van der Waals surface area contributed by atoms with Gasteiger partial charge in [0.2, 0.25) is 5.89 Å². The number of nitrogens with zero attached hydrogens (tertiary/aromatic N) is 2. The van der Waals surface area contributed by atoms with E-state index in [4.69, 9.17) is 14.3 Å². The molecule has 2 aromatic carbocycles. The molecule has 4 aromatic rings. The van der Waals surface area contributed by atoms with E-state index in [1.165, 1.54) is 0 Å². The van der Waals surface area contributed by atoms with Crippen LogP contribution in [0, 0.1) is 20.8 Å². The van der Waals surface area contributed by atoms with Gasteiger partial charge in [-0.2, -0.15) is 0 Å². The van der Waals surface area contributed by atoms with Crippen molar-refractivity contribution in [1.29, 1.82) is 0 Å². The summed E-state index contributed by atoms with van der Waals surface area (Å²) in [5.41, 5.74) is 7.01. The molecular formula is C28H28N2O4. The Kier molecular flexibility index (Phi) is 7.07. The van der Waals surface area contributed by atoms with E-state index in [0.29, 0.717) is 25.3 Å². The number of hydrogen-bond donors (Lipinski definition) is 1. The van der Waals surface area contributed by atoms with Crippen molar-refractivity contribution in [2.45, 2.75) is 40.0 Å². The molecule has 0 amide bonds. The van der Waals surface area contributed by atoms with Crippen molar-refractivity contribution in [3.05, 3.63) is 88.9 Å². The van der Waals surface area contributed by atoms with Gasteiger partial charge in [0.25, 0.3) is 0 Å². The van der Waals surface area contributed by atoms with Gasteiger partial charge in [0.1, 0.15) is 11.5 Å². The predicted octanol–water partition coefficient (Wildman–Crippen LogP) is 5.97. The Bertz CT molecular complexity index is 1290. The second-order valence-electron chi connectivity index (χ2n) is 8.35. The normalized spacial score (nSPS) is 10.9. The van der Waals surface area contributed by atoms with Crippen LogP contribution in [-0.4, -0.2) is 27.7 Å². The van der Waals surface area contributed by atoms with Gasteiger partial charge < -0.3 is 14.3 Å². The van der Waals surface area contributed by atoms with Crippen LogP contribution < -0.4 is 4.74 Å². The lowest BCUT2D eigenvalue weighted by Crippen LogP contribution is -2.04. The first-order valence-electron chi connectivity index (χ1n) is 11.3. The number of carboxylic acid groups (broad SMARTS) is 1. The number of rotatable bonds is 9. The average Bonchev–Trinajstić information content (AvgIpc) is 3.19. The summed E-state index contributed by atoms with van der Waals surface area (Å²) in [6, 6.07) is 17.8. The van der Waals surface area contributed by atoms with Crippen LogP contribution >= 0.6 is 0 Å². The van der Waals surface area contributed by atoms with Gasteiger partial charge in [0.05, 0.1) is 18.0 Å². The van der Waals surface area contributed by atoms with Crippen molar-refractivity contribution in [3.63, 3.8) is 0 Å². The maximum Gasteiger partial charge on any atom is 0.303 e. The number of benzene rings is 2. The summed E-state index contributed by atoms with van der Waals surface area (Å²) in [5, 5.41) is 8.87. The molecule has 0 aliphatic carbocycles. The van der Waals surface area contributed by atoms with Crippen molar-refractivity contribution >= 4 is 5.97 Å². The summed E-state index contributed by atoms with van der Waals surface area (Å²) in [6.45, 7) is 6.41. The topological polar surface area (TPSA) is 85.5 Å². The molecule has 0 bridgehead atoms. The monoisotopic (exact) mass is 456 g/mol. The van der Waals surface area contributed by atoms with Gasteiger partial charge in [-0.3, -0.25) is 9.78 Å². The van der Waals surface area contributed by atoms with Crippen LogP contribution in [0.25, 0.3) is 22.7 Å². The molecule has 0 saturated heterocycles. The van der Waals surface area contributed by atoms with Crippen molar-refractivity contribution < 1.29 is 19.1 Å². The number of carboxylic acids is 1. The minimum Gasteiger partial charge on any atom is -0.493 e. The minimum atomic E-state index is -0.790. The van der Waals surface area contributed by atoms with E-state index in [1.807, 2.05) is 62.4 Å². The van der Waals surface area contributed by atoms with Crippen LogP contribution in [-0.2, 0) is 17.6 Å². The first-order valence-corrected chi connectivity index (χ1v) is 11.3. The molecule has 2 heterocycles. The largest absolute Gasteiger partial charge is 0.493 e. The number of hydrogen-bond acceptors (Lipinski definition) is 5. The number of aryl methyl sites for hydroxylation is 4. The van der Waals surface area contributed by atoms with Crippen LogP contribution in [0.1, 0.15) is 34.6 Å². The van der Waals surface area contributed by atoms with E-state index >= 15 is 0 Å². The molecular weight excluding hydrogens is 428 g/mol. The predicted molar refractivity (Wildman–Crippen MR) is 131 cm³/mol. The first kappa shape index (κ1) is 23.2. The van der Waals surface area contributed by atoms with Gasteiger partial charge in [-0.15, -0.1) is 0 Å². The van der Waals surface area contributed by atoms with E-state index in [2.05, 4.69) is 23.0 Å². The molecule has 2 aromatic heterocycles. The van der Waals surface area contributed by atoms with Crippen molar-refractivity contribution in [2.24, 2.45) is 0 Å². The summed E-state index contributed by atoms with van der Waals surface area (Å²) < 4.78 is 11.8. The van der Waals surface area contributed by atoms with Crippen molar-refractivity contribution in [2.75, 3.05) is 6.61 Å². The van der Waals surface area contributed by atoms with E-state index in [0.717, 1.165) is 50.7 Å². The van der Waals surface area contributed by atoms with Gasteiger partial charge >= 0.3 is 5.97 Å². The minimum absolute atomic E-state index is 0.125. The Balaban J connectivity index is 1.38. The second-order valence-corrected chi connectivity index (χ2v) is 8.35. The third-order valence-corrected chi connectivity index (χ3v) is 5.84. The quantitative estimate of drug-likeness (QED) is 0.334. The van der Waals surface area contributed by atoms with Crippen LogP contribution in [0.4, 0.5) is 0 Å². The third-order valence-electron chi connectivity index (χ3n) is 5.84. The van der Waals surface area contributed by atoms with Crippen molar-refractivity contribution in [1.82, 2.24) is 9.97 Å². The van der Waals surface area contributed by atoms with Gasteiger partial charge in [-0.05, 0) is 74.2 Å². The highest BCUT2D eigenvalue weighted by atomic mass is 16.5. The fourth-order valence-corrected chi connectivity index (χ4v) is 3.89. The van der Waals surface area contributed by atoms with Gasteiger partial charge in [0, 0.05) is 30.2 Å². The number of carbonyl (C=O) groups is 1. The summed E-state index contributed by atoms with van der Waals surface area (Å²) in [5.74, 6) is 1.35. The van der Waals surface area contributed by atoms with Gasteiger partial charge in [-0.25, -0.2) is 4.98 Å². The number of oxazole rings is 1. The lowest BCUT2D eigenvalue weighted by Gasteiger charge is -2.09. The zero-order valence-electron chi connectivity index (χ0n) is 19.7. The Morgan fingerprint density at radius 2 is 1.74 bits per heavy atom. The summed E-state index contributed by atoms with van der Waals surface area (Å²) >= 11 is 0. The lowest BCUT2D eigenvalue weighted by molar-refractivity contribution is -0.136. The number of pyridine rings is 1. The molecule has 0 saturated carbocycles. The zero-order valence-corrected chi connectivity index (χ0v) is 19.7. The standard InChI is InChI=1S/C28H28N2O4/c1-18-5-4-15-29-27(18)22-6-8-23(9-7-22)28-30-25(20(3)34-28)14-16-33-24-12-10-21(19(2)17-24)11-13-26(31)32/h4-10,12,15,17H,11,13-14,16H2,1-3H3,(H,31,32). The Morgan fingerprint density at radius 3 is 2.44 bits per heavy atom. The molecule has 0 unspecified atom stereocenters. The van der Waals surface area contributed by atoms with E-state index in [1.54, 1.807) is 6.20 Å². The fraction of sp³-hybridized carbons (Fsp3) is 0.250. The van der Waals surface area contributed by atoms with Gasteiger partial charge in [-0.1, -0.05) is 24.3 Å². The highest BCUT2D eigenvalue weighted by Gasteiger charge is 2.13. The molecule has 4 rings (SSSR count). The smallest absolute Gasteiger partial charge is 0.303 e. The highest BCUT2D eigenvalue weighted by Crippen LogP contribution is 2.27. The molecule has 0 radical (unpaired) electrons. The first-order chi connectivity index (χ1) is 16.4. The third kappa shape index (κ3) is 5.52. The zero-order chi connectivity index (χ0) is 24.1. The highest BCUT2D eigenvalue weighted by molar-refractivity contribution is 5.67. The van der Waals surface area contributed by atoms with Crippen molar-refractivity contribution in [3.8, 4) is 28.5 Å². The van der Waals surface area contributed by atoms with Crippen LogP contribution in [0.5, 0.6) is 5.75 Å². The molecule has 1 N–H and O–H groups in total. The average molecular weight is 457 g/mol. The number of aromatic nitrogens is 2. The van der Waals surface area contributed by atoms with E-state index < -0.39 is 5.97 Å². The maximum absolute atomic E-state index is 10.8. The molecule has 174 valence electrons. The number of aliphatic carboxylic acids is 1. The SMILES string of the molecule is Cc1cc(OCCc2nc(-c3ccc(-c4ncccc4C)cc3)oc2C)ccc1CCC(=O)O. The van der Waals surface area contributed by atoms with Crippen LogP contribution in [0.15, 0.2) is 65.2 Å². The van der Waals surface area contributed by atoms with E-state index in [-0.39, 0.29) is 6.42 Å². The summed E-state index contributed by atoms with van der Waals surface area (Å²) in [6.07, 6.45) is 3.07. The Hall–Kier alpha value is -3.93. The maximum atomic E-state index is 10.8. The van der Waals surface area contributed by atoms with Gasteiger partial charge in [0.15, 0.2) is 0 Å². The Labute approximate surface area is 199 Å². The summed E-state index contributed by atoms with van der Waals surface area (Å²) in [4.78, 5) is 20.0. The molecule has 0 aliphatic rings. The second kappa shape index (κ2) is 10.3. The molecule has 6 heteroatoms. The lowest BCUT2D eigenvalue weighted by atomic mass is 10.0. The van der Waals surface area contributed by atoms with Crippen LogP contribution in [0.2, 0.25) is 0 Å². The molecule has 6 nitrogen and oxygen atoms in total. The molecule has 0 fully saturated rings.